The van der Waals surface area contributed by atoms with Crippen molar-refractivity contribution in [2.45, 2.75) is 108 Å². The molecule has 0 aromatic rings. The molecule has 0 heterocycles. The van der Waals surface area contributed by atoms with Gasteiger partial charge in [-0.25, -0.2) is 4.79 Å². The molecule has 0 aliphatic heterocycles. The highest BCUT2D eigenvalue weighted by Crippen LogP contribution is 2.69. The van der Waals surface area contributed by atoms with Gasteiger partial charge in [-0.2, -0.15) is 0 Å². The van der Waals surface area contributed by atoms with Gasteiger partial charge in [0.05, 0.1) is 0 Å². The number of rotatable bonds is 14. The number of aliphatic hydroxyl groups is 1. The van der Waals surface area contributed by atoms with Crippen LogP contribution in [0.3, 0.4) is 0 Å². The molecule has 0 spiro atoms. The molecule has 0 saturated carbocycles. The molecule has 7 nitrogen and oxygen atoms in total. The molecule has 0 saturated heterocycles. The van der Waals surface area contributed by atoms with Crippen LogP contribution in [0.1, 0.15) is 102 Å². The predicted molar refractivity (Wildman–Crippen MR) is 133 cm³/mol. The van der Waals surface area contributed by atoms with Crippen LogP contribution < -0.4 is 0 Å². The zero-order valence-corrected chi connectivity index (χ0v) is 23.4. The van der Waals surface area contributed by atoms with Crippen LogP contribution in [0, 0.1) is 45.3 Å². The molecule has 0 rings (SSSR count). The molecule has 0 radical (unpaired) electrons. The van der Waals surface area contributed by atoms with Gasteiger partial charge in [-0.05, 0) is 53.3 Å². The fourth-order valence-corrected chi connectivity index (χ4v) is 6.77. The lowest BCUT2D eigenvalue weighted by molar-refractivity contribution is -0.274. The van der Waals surface area contributed by atoms with Crippen molar-refractivity contribution in [3.63, 3.8) is 0 Å². The first-order valence-electron chi connectivity index (χ1n) is 12.6. The summed E-state index contributed by atoms with van der Waals surface area (Å²) in [5, 5.41) is 45.1. The molecule has 5 unspecified atom stereocenters. The fourth-order valence-electron chi connectivity index (χ4n) is 6.77. The van der Waals surface area contributed by atoms with Crippen molar-refractivity contribution in [3.8, 4) is 0 Å². The number of carboxylic acid groups (broad SMARTS) is 3. The van der Waals surface area contributed by atoms with E-state index >= 15 is 0 Å². The third-order valence-corrected chi connectivity index (χ3v) is 10.4. The Kier molecular flexibility index (Phi) is 10.0. The van der Waals surface area contributed by atoms with E-state index in [-0.39, 0.29) is 37.0 Å². The van der Waals surface area contributed by atoms with Crippen molar-refractivity contribution in [2.75, 3.05) is 0 Å². The molecule has 0 fully saturated rings. The minimum Gasteiger partial charge on any atom is -0.481 e. The Morgan fingerprint density at radius 2 is 1.00 bits per heavy atom. The summed E-state index contributed by atoms with van der Waals surface area (Å²) in [5.74, 6) is -7.72. The Morgan fingerprint density at radius 3 is 1.15 bits per heavy atom. The van der Waals surface area contributed by atoms with E-state index in [2.05, 4.69) is 0 Å². The average molecular weight is 487 g/mol. The summed E-state index contributed by atoms with van der Waals surface area (Å²) in [4.78, 5) is 40.0. The van der Waals surface area contributed by atoms with E-state index < -0.39 is 51.1 Å². The molecule has 0 amide bonds. The lowest BCUT2D eigenvalue weighted by atomic mass is 9.36. The zero-order valence-electron chi connectivity index (χ0n) is 23.4. The van der Waals surface area contributed by atoms with Crippen LogP contribution in [0.2, 0.25) is 0 Å². The van der Waals surface area contributed by atoms with Crippen molar-refractivity contribution in [2.24, 2.45) is 45.3 Å². The largest absolute Gasteiger partial charge is 0.481 e. The maximum Gasteiger partial charge on any atom is 0.337 e. The Labute approximate surface area is 206 Å². The van der Waals surface area contributed by atoms with Gasteiger partial charge >= 0.3 is 17.9 Å². The van der Waals surface area contributed by atoms with Crippen LogP contribution in [0.5, 0.6) is 0 Å². The third kappa shape index (κ3) is 4.06. The quantitative estimate of drug-likeness (QED) is 0.244. The van der Waals surface area contributed by atoms with E-state index in [0.717, 1.165) is 0 Å². The molecule has 4 N–H and O–H groups in total. The highest BCUT2D eigenvalue weighted by atomic mass is 16.4. The Bertz CT molecular complexity index is 736. The van der Waals surface area contributed by atoms with E-state index in [0.29, 0.717) is 0 Å². The summed E-state index contributed by atoms with van der Waals surface area (Å²) in [5.41, 5.74) is -9.17. The van der Waals surface area contributed by atoms with Crippen LogP contribution in [0.25, 0.3) is 0 Å². The first-order valence-corrected chi connectivity index (χ1v) is 12.6. The Balaban J connectivity index is 8.58. The van der Waals surface area contributed by atoms with E-state index in [1.54, 1.807) is 55.4 Å². The van der Waals surface area contributed by atoms with Gasteiger partial charge in [-0.15, -0.1) is 0 Å². The Hall–Kier alpha value is -1.63. The van der Waals surface area contributed by atoms with Crippen LogP contribution in [-0.4, -0.2) is 43.9 Å². The molecule has 0 aliphatic rings. The molecule has 0 bridgehead atoms. The van der Waals surface area contributed by atoms with E-state index in [1.165, 1.54) is 0 Å². The molecule has 7 heteroatoms. The monoisotopic (exact) mass is 486 g/mol. The third-order valence-electron chi connectivity index (χ3n) is 10.4. The molecular formula is C27H50O7. The minimum absolute atomic E-state index is 0.242. The van der Waals surface area contributed by atoms with Crippen molar-refractivity contribution in [3.05, 3.63) is 0 Å². The van der Waals surface area contributed by atoms with Crippen molar-refractivity contribution in [1.29, 1.82) is 0 Å². The molecule has 5 atom stereocenters. The van der Waals surface area contributed by atoms with Gasteiger partial charge in [0, 0.05) is 0 Å². The number of aliphatic carboxylic acids is 3. The van der Waals surface area contributed by atoms with Gasteiger partial charge in [0.15, 0.2) is 5.60 Å². The van der Waals surface area contributed by atoms with Gasteiger partial charge < -0.3 is 20.4 Å². The second kappa shape index (κ2) is 10.5. The molecule has 0 aromatic carbocycles. The van der Waals surface area contributed by atoms with E-state index in [4.69, 9.17) is 0 Å². The first kappa shape index (κ1) is 32.4. The van der Waals surface area contributed by atoms with Crippen molar-refractivity contribution < 1.29 is 34.8 Å². The van der Waals surface area contributed by atoms with Gasteiger partial charge in [0.25, 0.3) is 0 Å². The summed E-state index contributed by atoms with van der Waals surface area (Å²) in [6, 6.07) is 0. The number of carbonyl (C=O) groups is 3. The SMILES string of the molecule is CCC(C)(C(C)C)C(C(=O)O)C(O)(C(=O)O)C(C(=O)O)(C(C)(CC)C(C)C)C(C)(CC)C(C)C. The second-order valence-electron chi connectivity index (χ2n) is 11.8. The highest BCUT2D eigenvalue weighted by molar-refractivity contribution is 5.95. The zero-order chi connectivity index (χ0) is 27.7. The number of hydrogen-bond acceptors (Lipinski definition) is 4. The molecule has 200 valence electrons. The van der Waals surface area contributed by atoms with Gasteiger partial charge in [-0.3, -0.25) is 9.59 Å². The molecule has 34 heavy (non-hydrogen) atoms. The maximum atomic E-state index is 13.7. The van der Waals surface area contributed by atoms with Crippen molar-refractivity contribution >= 4 is 17.9 Å². The fraction of sp³-hybridized carbons (Fsp3) is 0.889. The van der Waals surface area contributed by atoms with Gasteiger partial charge in [0.2, 0.25) is 0 Å². The maximum absolute atomic E-state index is 13.7. The van der Waals surface area contributed by atoms with Gasteiger partial charge in [0.1, 0.15) is 11.3 Å². The molecule has 0 aromatic heterocycles. The number of hydrogen-bond donors (Lipinski definition) is 4. The lowest BCUT2D eigenvalue weighted by Gasteiger charge is -2.65. The van der Waals surface area contributed by atoms with Crippen LogP contribution in [0.15, 0.2) is 0 Å². The molecular weight excluding hydrogens is 436 g/mol. The topological polar surface area (TPSA) is 132 Å². The summed E-state index contributed by atoms with van der Waals surface area (Å²) in [6.45, 7) is 21.2. The average Bonchev–Trinajstić information content (AvgIpc) is 2.71. The summed E-state index contributed by atoms with van der Waals surface area (Å²) < 4.78 is 0. The summed E-state index contributed by atoms with van der Waals surface area (Å²) in [6.07, 6.45) is 0.736. The Morgan fingerprint density at radius 1 is 0.647 bits per heavy atom. The van der Waals surface area contributed by atoms with Crippen LogP contribution in [0.4, 0.5) is 0 Å². The summed E-state index contributed by atoms with van der Waals surface area (Å²) in [7, 11) is 0. The standard InChI is InChI=1S/C27H50O7/c1-13-23(10,16(4)5)19(20(28)29)26(34,21(30)31)27(22(32)33,24(11,14-2)17(6)7)25(12,15-3)18(8)9/h16-19,34H,13-15H2,1-12H3,(H,28,29)(H,30,31)(H,32,33). The smallest absolute Gasteiger partial charge is 0.337 e. The van der Waals surface area contributed by atoms with Crippen LogP contribution >= 0.6 is 0 Å². The second-order valence-corrected chi connectivity index (χ2v) is 11.8. The normalized spacial score (nSPS) is 22.2. The lowest BCUT2D eigenvalue weighted by Crippen LogP contribution is -2.77. The van der Waals surface area contributed by atoms with E-state index in [9.17, 15) is 34.8 Å². The van der Waals surface area contributed by atoms with Crippen LogP contribution in [-0.2, 0) is 14.4 Å². The predicted octanol–water partition coefficient (Wildman–Crippen LogP) is 5.79. The minimum atomic E-state index is -3.11. The van der Waals surface area contributed by atoms with E-state index in [1.807, 2.05) is 27.7 Å². The first-order chi connectivity index (χ1) is 15.2. The molecule has 0 aliphatic carbocycles. The summed E-state index contributed by atoms with van der Waals surface area (Å²) >= 11 is 0. The van der Waals surface area contributed by atoms with Crippen molar-refractivity contribution in [1.82, 2.24) is 0 Å². The van der Waals surface area contributed by atoms with Gasteiger partial charge in [-0.1, -0.05) is 83.1 Å². The highest BCUT2D eigenvalue weighted by Gasteiger charge is 2.80. The number of carboxylic acids is 3.